The van der Waals surface area contributed by atoms with Crippen LogP contribution in [0.15, 0.2) is 59.4 Å². The fraction of sp³-hybridized carbons (Fsp3) is 0.167. The summed E-state index contributed by atoms with van der Waals surface area (Å²) in [6, 6.07) is 6.96. The molecule has 196 valence electrons. The summed E-state index contributed by atoms with van der Waals surface area (Å²) >= 11 is 0. The molecule has 0 saturated heterocycles. The highest BCUT2D eigenvalue weighted by Crippen LogP contribution is 2.40. The van der Waals surface area contributed by atoms with Gasteiger partial charge >= 0.3 is 12.4 Å². The molecule has 0 aliphatic carbocycles. The number of alkyl halides is 6. The zero-order valence-corrected chi connectivity index (χ0v) is 19.1. The number of fused-ring (bicyclic) bond motifs is 1. The molecule has 0 spiro atoms. The van der Waals surface area contributed by atoms with Crippen LogP contribution in [0.5, 0.6) is 5.75 Å². The van der Waals surface area contributed by atoms with Gasteiger partial charge in [0.2, 0.25) is 0 Å². The van der Waals surface area contributed by atoms with Crippen molar-refractivity contribution in [2.75, 3.05) is 7.11 Å². The highest BCUT2D eigenvalue weighted by Gasteiger charge is 2.39. The van der Waals surface area contributed by atoms with Gasteiger partial charge in [0.1, 0.15) is 23.6 Å². The van der Waals surface area contributed by atoms with Gasteiger partial charge in [-0.1, -0.05) is 17.3 Å². The third-order valence-corrected chi connectivity index (χ3v) is 5.54. The van der Waals surface area contributed by atoms with Gasteiger partial charge < -0.3 is 9.26 Å². The van der Waals surface area contributed by atoms with Crippen molar-refractivity contribution in [3.8, 4) is 39.8 Å². The van der Waals surface area contributed by atoms with E-state index in [2.05, 4.69) is 20.2 Å². The summed E-state index contributed by atoms with van der Waals surface area (Å²) in [6.07, 6.45) is -7.19. The zero-order valence-electron chi connectivity index (χ0n) is 19.1. The lowest BCUT2D eigenvalue weighted by molar-refractivity contribution is -0.142. The fourth-order valence-corrected chi connectivity index (χ4v) is 3.76. The molecule has 3 heterocycles. The lowest BCUT2D eigenvalue weighted by atomic mass is 10.0. The van der Waals surface area contributed by atoms with Crippen molar-refractivity contribution in [2.45, 2.75) is 18.9 Å². The Morgan fingerprint density at radius 2 is 1.66 bits per heavy atom. The summed E-state index contributed by atoms with van der Waals surface area (Å²) in [5, 5.41) is 7.75. The van der Waals surface area contributed by atoms with Crippen molar-refractivity contribution < 1.29 is 40.0 Å². The van der Waals surface area contributed by atoms with E-state index in [1.165, 1.54) is 42.4 Å². The number of halogens is 7. The lowest BCUT2D eigenvalue weighted by Crippen LogP contribution is -2.12. The monoisotopic (exact) mass is 537 g/mol. The third-order valence-electron chi connectivity index (χ3n) is 5.54. The molecule has 2 aromatic carbocycles. The van der Waals surface area contributed by atoms with E-state index >= 15 is 0 Å². The Bertz CT molecular complexity index is 1590. The van der Waals surface area contributed by atoms with Gasteiger partial charge in [0.05, 0.1) is 36.2 Å². The number of methoxy groups -OCH3 is 1. The Morgan fingerprint density at radius 1 is 0.895 bits per heavy atom. The lowest BCUT2D eigenvalue weighted by Gasteiger charge is -2.14. The molecule has 2 aliphatic heterocycles. The molecule has 0 bridgehead atoms. The number of ether oxygens (including phenoxy) is 1. The standard InChI is InChI=1S/C24H14F7N5O2/c1-37-20-4-2-3-15(21(20)25)22-33-18-9-32-36(11-19(18)34-22)10-13-8-17(35-38-13)14-6-5-12(23(26,27)28)7-16(14)24(29,30)31/h2-9,11H,10H2,1H3. The molecule has 0 N–H and O–H groups in total. The molecule has 38 heavy (non-hydrogen) atoms. The van der Waals surface area contributed by atoms with E-state index in [0.29, 0.717) is 23.5 Å². The average Bonchev–Trinajstić information content (AvgIpc) is 3.49. The summed E-state index contributed by atoms with van der Waals surface area (Å²) in [5.74, 6) is -0.447. The van der Waals surface area contributed by atoms with Crippen molar-refractivity contribution in [2.24, 2.45) is 0 Å². The van der Waals surface area contributed by atoms with E-state index < -0.39 is 34.9 Å². The van der Waals surface area contributed by atoms with Gasteiger partial charge in [-0.3, -0.25) is 4.68 Å². The fourth-order valence-electron chi connectivity index (χ4n) is 3.76. The molecule has 3 aromatic rings. The number of hydrogen-bond acceptors (Lipinski definition) is 6. The van der Waals surface area contributed by atoms with Crippen LogP contribution in [-0.4, -0.2) is 32.0 Å². The maximum atomic E-state index is 14.6. The minimum atomic E-state index is -5.06. The van der Waals surface area contributed by atoms with Crippen LogP contribution in [0, 0.1) is 5.82 Å². The Labute approximate surface area is 208 Å². The predicted molar refractivity (Wildman–Crippen MR) is 117 cm³/mol. The molecular formula is C24H14F7N5O2. The van der Waals surface area contributed by atoms with Crippen LogP contribution in [-0.2, 0) is 18.9 Å². The van der Waals surface area contributed by atoms with Gasteiger partial charge in [0.15, 0.2) is 23.2 Å². The van der Waals surface area contributed by atoms with E-state index in [-0.39, 0.29) is 41.2 Å². The number of benzene rings is 2. The minimum absolute atomic E-state index is 0.0207. The summed E-state index contributed by atoms with van der Waals surface area (Å²) in [4.78, 5) is 8.57. The van der Waals surface area contributed by atoms with Crippen molar-refractivity contribution in [1.82, 2.24) is 24.9 Å². The molecule has 2 aliphatic rings. The SMILES string of the molecule is COc1cccc(-c2nc3cnn(Cc4cc(-c5ccc(C(F)(F)F)cc5C(F)(F)F)no4)cc-3n2)c1F. The van der Waals surface area contributed by atoms with Gasteiger partial charge in [-0.05, 0) is 24.3 Å². The molecule has 0 amide bonds. The Morgan fingerprint density at radius 3 is 2.37 bits per heavy atom. The molecule has 7 nitrogen and oxygen atoms in total. The van der Waals surface area contributed by atoms with Crippen molar-refractivity contribution in [3.63, 3.8) is 0 Å². The van der Waals surface area contributed by atoms with Crippen LogP contribution < -0.4 is 4.74 Å². The number of imidazole rings is 1. The van der Waals surface area contributed by atoms with Crippen LogP contribution in [0.25, 0.3) is 34.0 Å². The number of nitrogens with zero attached hydrogens (tertiary/aromatic N) is 5. The highest BCUT2D eigenvalue weighted by atomic mass is 19.4. The molecule has 0 unspecified atom stereocenters. The van der Waals surface area contributed by atoms with Crippen molar-refractivity contribution >= 4 is 0 Å². The zero-order chi connectivity index (χ0) is 27.2. The highest BCUT2D eigenvalue weighted by molar-refractivity contribution is 5.67. The van der Waals surface area contributed by atoms with Gasteiger partial charge in [0, 0.05) is 11.6 Å². The van der Waals surface area contributed by atoms with E-state index in [4.69, 9.17) is 9.26 Å². The van der Waals surface area contributed by atoms with Crippen LogP contribution in [0.1, 0.15) is 16.9 Å². The summed E-state index contributed by atoms with van der Waals surface area (Å²) in [5.41, 5.74) is -2.98. The number of rotatable bonds is 5. The second kappa shape index (κ2) is 9.11. The van der Waals surface area contributed by atoms with Crippen molar-refractivity contribution in [1.29, 1.82) is 0 Å². The van der Waals surface area contributed by atoms with Gasteiger partial charge in [-0.25, -0.2) is 14.4 Å². The summed E-state index contributed by atoms with van der Waals surface area (Å²) < 4.78 is 105. The van der Waals surface area contributed by atoms with Gasteiger partial charge in [0.25, 0.3) is 0 Å². The smallest absolute Gasteiger partial charge is 0.417 e. The summed E-state index contributed by atoms with van der Waals surface area (Å²) in [6.45, 7) is -0.0966. The molecule has 1 aromatic heterocycles. The first-order valence-electron chi connectivity index (χ1n) is 10.7. The molecule has 0 saturated carbocycles. The third kappa shape index (κ3) is 4.76. The van der Waals surface area contributed by atoms with Gasteiger partial charge in [-0.15, -0.1) is 0 Å². The minimum Gasteiger partial charge on any atom is -0.494 e. The van der Waals surface area contributed by atoms with Gasteiger partial charge in [-0.2, -0.15) is 31.4 Å². The Balaban J connectivity index is 1.43. The first kappa shape index (κ1) is 25.2. The van der Waals surface area contributed by atoms with E-state index in [1.54, 1.807) is 6.07 Å². The largest absolute Gasteiger partial charge is 0.494 e. The van der Waals surface area contributed by atoms with Crippen molar-refractivity contribution in [3.05, 3.63) is 77.6 Å². The van der Waals surface area contributed by atoms with E-state index in [1.807, 2.05) is 0 Å². The predicted octanol–water partition coefficient (Wildman–Crippen LogP) is 6.33. The maximum absolute atomic E-state index is 14.6. The summed E-state index contributed by atoms with van der Waals surface area (Å²) in [7, 11) is 1.33. The quantitative estimate of drug-likeness (QED) is 0.244. The first-order chi connectivity index (χ1) is 17.9. The molecular weight excluding hydrogens is 523 g/mol. The normalized spacial score (nSPS) is 12.3. The van der Waals surface area contributed by atoms with E-state index in [0.717, 1.165) is 0 Å². The first-order valence-corrected chi connectivity index (χ1v) is 10.7. The van der Waals surface area contributed by atoms with Crippen LogP contribution in [0.4, 0.5) is 30.7 Å². The second-order valence-electron chi connectivity index (χ2n) is 8.05. The maximum Gasteiger partial charge on any atom is 0.417 e. The topological polar surface area (TPSA) is 78.9 Å². The Kier molecular flexibility index (Phi) is 6.04. The molecule has 0 fully saturated rings. The van der Waals surface area contributed by atoms with Crippen LogP contribution in [0.3, 0.4) is 0 Å². The molecule has 5 rings (SSSR count). The molecule has 14 heteroatoms. The number of aromatic nitrogens is 5. The van der Waals surface area contributed by atoms with E-state index in [9.17, 15) is 30.7 Å². The second-order valence-corrected chi connectivity index (χ2v) is 8.05. The molecule has 0 radical (unpaired) electrons. The average molecular weight is 537 g/mol. The Hall–Kier alpha value is -4.49. The van der Waals surface area contributed by atoms with Crippen LogP contribution >= 0.6 is 0 Å². The number of hydrogen-bond donors (Lipinski definition) is 0. The molecule has 0 atom stereocenters. The van der Waals surface area contributed by atoms with Crippen LogP contribution in [0.2, 0.25) is 0 Å².